The molecule has 0 radical (unpaired) electrons. The van der Waals surface area contributed by atoms with E-state index in [0.29, 0.717) is 6.92 Å². The Hall–Kier alpha value is -0.820. The van der Waals surface area contributed by atoms with Gasteiger partial charge in [-0.25, -0.2) is 17.8 Å². The third-order valence-electron chi connectivity index (χ3n) is 2.49. The van der Waals surface area contributed by atoms with Crippen molar-refractivity contribution in [1.82, 2.24) is 4.98 Å². The lowest BCUT2D eigenvalue weighted by atomic mass is 10.5. The smallest absolute Gasteiger partial charge is 0.306 e. The number of hydrogen-bond donors (Lipinski definition) is 0. The molecule has 1 heterocycles. The molecule has 20 heavy (non-hydrogen) atoms. The molecule has 0 saturated heterocycles. The number of alkyl halides is 1. The Bertz CT molecular complexity index is 580. The van der Waals surface area contributed by atoms with Crippen molar-refractivity contribution in [3.63, 3.8) is 0 Å². The minimum absolute atomic E-state index is 0.144. The Labute approximate surface area is 117 Å². The zero-order chi connectivity index (χ0) is 15.4. The second kappa shape index (κ2) is 6.30. The summed E-state index contributed by atoms with van der Waals surface area (Å²) in [6.07, 6.45) is 1.20. The zero-order valence-corrected chi connectivity index (χ0v) is 13.2. The molecule has 0 amide bonds. The van der Waals surface area contributed by atoms with Gasteiger partial charge in [0, 0.05) is 6.20 Å². The van der Waals surface area contributed by atoms with E-state index in [9.17, 15) is 17.4 Å². The highest BCUT2D eigenvalue weighted by Gasteiger charge is 2.59. The van der Waals surface area contributed by atoms with Crippen molar-refractivity contribution in [2.75, 3.05) is 13.2 Å². The maximum atomic E-state index is 14.8. The summed E-state index contributed by atoms with van der Waals surface area (Å²) >= 11 is 0. The summed E-state index contributed by atoms with van der Waals surface area (Å²) in [6.45, 7) is 3.32. The maximum Gasteiger partial charge on any atom is 0.383 e. The number of hydrogen-bond acceptors (Lipinski definition) is 6. The van der Waals surface area contributed by atoms with Gasteiger partial charge in [0.05, 0.1) is 13.2 Å². The lowest BCUT2D eigenvalue weighted by Gasteiger charge is -2.28. The Morgan fingerprint density at radius 1 is 1.30 bits per heavy atom. The van der Waals surface area contributed by atoms with E-state index in [4.69, 9.17) is 9.05 Å². The number of pyridine rings is 1. The van der Waals surface area contributed by atoms with E-state index < -0.39 is 27.2 Å². The summed E-state index contributed by atoms with van der Waals surface area (Å²) in [7, 11) is -9.14. The van der Waals surface area contributed by atoms with Crippen LogP contribution in [0.2, 0.25) is 0 Å². The first-order valence-corrected chi connectivity index (χ1v) is 8.99. The summed E-state index contributed by atoms with van der Waals surface area (Å²) in [5.41, 5.74) is 0. The Kier molecular flexibility index (Phi) is 5.43. The number of nitrogens with zero attached hydrogens (tertiary/aromatic N) is 1. The second-order valence-corrected chi connectivity index (χ2v) is 8.72. The normalized spacial score (nSPS) is 15.8. The van der Waals surface area contributed by atoms with Gasteiger partial charge in [-0.3, -0.25) is 4.57 Å². The fourth-order valence-corrected chi connectivity index (χ4v) is 5.28. The topological polar surface area (TPSA) is 82.6 Å². The third-order valence-corrected chi connectivity index (χ3v) is 7.83. The van der Waals surface area contributed by atoms with Gasteiger partial charge in [0.25, 0.3) is 0 Å². The second-order valence-electron chi connectivity index (χ2n) is 3.87. The number of rotatable bonds is 7. The van der Waals surface area contributed by atoms with Gasteiger partial charge in [-0.1, -0.05) is 6.07 Å². The van der Waals surface area contributed by atoms with Gasteiger partial charge in [-0.05, 0) is 32.9 Å². The molecule has 0 N–H and O–H groups in total. The average molecular weight is 325 g/mol. The van der Waals surface area contributed by atoms with E-state index in [2.05, 4.69) is 4.98 Å². The summed E-state index contributed by atoms with van der Waals surface area (Å²) in [4.78, 5) is 3.59. The van der Waals surface area contributed by atoms with E-state index in [0.717, 1.165) is 6.07 Å². The molecule has 0 aromatic carbocycles. The standard InChI is InChI=1S/C11H17FNO5PS/c1-4-17-19(14,18-5-2)11(3,12)20(15,16)10-8-6-7-9-13-10/h6-9H,4-5H2,1-3H3. The lowest BCUT2D eigenvalue weighted by Crippen LogP contribution is -2.33. The molecule has 9 heteroatoms. The summed E-state index contributed by atoms with van der Waals surface area (Å²) in [6, 6.07) is 4.00. The molecule has 114 valence electrons. The summed E-state index contributed by atoms with van der Waals surface area (Å²) < 4.78 is 58.2. The Morgan fingerprint density at radius 3 is 2.25 bits per heavy atom. The van der Waals surface area contributed by atoms with Crippen molar-refractivity contribution in [2.45, 2.75) is 30.5 Å². The van der Waals surface area contributed by atoms with Gasteiger partial charge in [0.2, 0.25) is 9.84 Å². The highest BCUT2D eigenvalue weighted by molar-refractivity contribution is 7.99. The van der Waals surface area contributed by atoms with E-state index in [1.165, 1.54) is 32.2 Å². The molecule has 0 saturated carbocycles. The molecule has 1 aromatic heterocycles. The molecule has 0 fully saturated rings. The molecule has 1 atom stereocenters. The van der Waals surface area contributed by atoms with Gasteiger partial charge in [0.1, 0.15) is 0 Å². The molecule has 1 unspecified atom stereocenters. The zero-order valence-electron chi connectivity index (χ0n) is 11.4. The van der Waals surface area contributed by atoms with Crippen molar-refractivity contribution in [1.29, 1.82) is 0 Å². The first-order valence-electron chi connectivity index (χ1n) is 5.96. The Balaban J connectivity index is 3.36. The molecular formula is C11H17FNO5PS. The van der Waals surface area contributed by atoms with Crippen LogP contribution in [-0.4, -0.2) is 31.4 Å². The molecule has 1 rings (SSSR count). The van der Waals surface area contributed by atoms with Crippen molar-refractivity contribution in [3.05, 3.63) is 24.4 Å². The van der Waals surface area contributed by atoms with Crippen LogP contribution in [0.15, 0.2) is 29.4 Å². The maximum absolute atomic E-state index is 14.8. The van der Waals surface area contributed by atoms with E-state index in [1.807, 2.05) is 0 Å². The van der Waals surface area contributed by atoms with Crippen LogP contribution < -0.4 is 0 Å². The fourth-order valence-electron chi connectivity index (χ4n) is 1.45. The molecule has 0 aliphatic heterocycles. The Morgan fingerprint density at radius 2 is 1.85 bits per heavy atom. The van der Waals surface area contributed by atoms with E-state index in [-0.39, 0.29) is 13.2 Å². The lowest BCUT2D eigenvalue weighted by molar-refractivity contribution is 0.181. The molecule has 0 bridgehead atoms. The molecule has 6 nitrogen and oxygen atoms in total. The predicted molar refractivity (Wildman–Crippen MR) is 71.8 cm³/mol. The minimum atomic E-state index is -4.63. The van der Waals surface area contributed by atoms with Crippen LogP contribution in [0.5, 0.6) is 0 Å². The molecule has 0 aliphatic rings. The number of sulfone groups is 1. The molecule has 0 aliphatic carbocycles. The first-order chi connectivity index (χ1) is 9.23. The van der Waals surface area contributed by atoms with Crippen LogP contribution in [0.4, 0.5) is 4.39 Å². The largest absolute Gasteiger partial charge is 0.383 e. The quantitative estimate of drug-likeness (QED) is 0.717. The van der Waals surface area contributed by atoms with Crippen LogP contribution in [-0.2, 0) is 23.4 Å². The average Bonchev–Trinajstić information content (AvgIpc) is 2.40. The minimum Gasteiger partial charge on any atom is -0.306 e. The van der Waals surface area contributed by atoms with Gasteiger partial charge in [-0.2, -0.15) is 0 Å². The molecule has 1 aromatic rings. The van der Waals surface area contributed by atoms with Crippen molar-refractivity contribution >= 4 is 17.4 Å². The van der Waals surface area contributed by atoms with Crippen LogP contribution in [0.1, 0.15) is 20.8 Å². The molecular weight excluding hydrogens is 308 g/mol. The van der Waals surface area contributed by atoms with Crippen molar-refractivity contribution in [3.8, 4) is 0 Å². The van der Waals surface area contributed by atoms with E-state index >= 15 is 0 Å². The molecule has 0 spiro atoms. The highest BCUT2D eigenvalue weighted by atomic mass is 32.2. The van der Waals surface area contributed by atoms with Crippen LogP contribution in [0.3, 0.4) is 0 Å². The number of aromatic nitrogens is 1. The van der Waals surface area contributed by atoms with Crippen LogP contribution >= 0.6 is 7.60 Å². The van der Waals surface area contributed by atoms with Gasteiger partial charge >= 0.3 is 12.3 Å². The third kappa shape index (κ3) is 2.93. The monoisotopic (exact) mass is 325 g/mol. The van der Waals surface area contributed by atoms with Gasteiger partial charge in [0.15, 0.2) is 5.03 Å². The van der Waals surface area contributed by atoms with Gasteiger partial charge < -0.3 is 9.05 Å². The SMILES string of the molecule is CCOP(=O)(OCC)C(C)(F)S(=O)(=O)c1ccccn1. The highest BCUT2D eigenvalue weighted by Crippen LogP contribution is 2.64. The van der Waals surface area contributed by atoms with Crippen molar-refractivity contribution < 1.29 is 26.4 Å². The van der Waals surface area contributed by atoms with Crippen LogP contribution in [0, 0.1) is 0 Å². The van der Waals surface area contributed by atoms with Gasteiger partial charge in [-0.15, -0.1) is 0 Å². The number of halogens is 1. The van der Waals surface area contributed by atoms with Crippen LogP contribution in [0.25, 0.3) is 0 Å². The van der Waals surface area contributed by atoms with Crippen molar-refractivity contribution in [2.24, 2.45) is 0 Å². The summed E-state index contributed by atoms with van der Waals surface area (Å²) in [5, 5.41) is -0.523. The predicted octanol–water partition coefficient (Wildman–Crippen LogP) is 2.76. The summed E-state index contributed by atoms with van der Waals surface area (Å²) in [5.74, 6) is 0. The first kappa shape index (κ1) is 17.2. The fraction of sp³-hybridized carbons (Fsp3) is 0.545. The van der Waals surface area contributed by atoms with E-state index in [1.54, 1.807) is 0 Å².